The van der Waals surface area contributed by atoms with Crippen LogP contribution in [0.1, 0.15) is 48.5 Å². The quantitative estimate of drug-likeness (QED) is 0.455. The van der Waals surface area contributed by atoms with E-state index in [9.17, 15) is 9.59 Å². The van der Waals surface area contributed by atoms with Gasteiger partial charge in [0, 0.05) is 4.47 Å². The van der Waals surface area contributed by atoms with Gasteiger partial charge in [-0.1, -0.05) is 72.4 Å². The molecule has 0 spiro atoms. The Labute approximate surface area is 168 Å². The number of halogens is 1. The van der Waals surface area contributed by atoms with Crippen molar-refractivity contribution in [3.8, 4) is 5.75 Å². The first kappa shape index (κ1) is 21.0. The lowest BCUT2D eigenvalue weighted by Gasteiger charge is -2.13. The third-order valence-electron chi connectivity index (χ3n) is 3.96. The maximum absolute atomic E-state index is 12.5. The first-order valence-corrected chi connectivity index (χ1v) is 9.95. The van der Waals surface area contributed by atoms with E-state index in [0.717, 1.165) is 29.3 Å². The van der Waals surface area contributed by atoms with Crippen LogP contribution in [-0.2, 0) is 11.2 Å². The Morgan fingerprint density at radius 2 is 1.78 bits per heavy atom. The molecule has 2 N–H and O–H groups in total. The van der Waals surface area contributed by atoms with Gasteiger partial charge < -0.3 is 4.74 Å². The zero-order chi connectivity index (χ0) is 19.5. The second-order valence-corrected chi connectivity index (χ2v) is 7.13. The summed E-state index contributed by atoms with van der Waals surface area (Å²) in [5.74, 6) is -0.197. The van der Waals surface area contributed by atoms with Gasteiger partial charge >= 0.3 is 0 Å². The van der Waals surface area contributed by atoms with Crippen molar-refractivity contribution in [2.75, 3.05) is 6.61 Å². The lowest BCUT2D eigenvalue weighted by Crippen LogP contribution is -2.42. The van der Waals surface area contributed by atoms with Crippen molar-refractivity contribution >= 4 is 27.7 Å². The Bertz CT molecular complexity index is 750. The molecular formula is C21H25BrN2O3. The number of hydrogen-bond donors (Lipinski definition) is 2. The number of amides is 2. The van der Waals surface area contributed by atoms with Crippen molar-refractivity contribution in [1.29, 1.82) is 0 Å². The highest BCUT2D eigenvalue weighted by atomic mass is 79.9. The summed E-state index contributed by atoms with van der Waals surface area (Å²) in [6.45, 7) is 2.71. The molecule has 0 atom stereocenters. The van der Waals surface area contributed by atoms with E-state index in [-0.39, 0.29) is 12.3 Å². The third kappa shape index (κ3) is 7.43. The highest BCUT2D eigenvalue weighted by molar-refractivity contribution is 9.10. The standard InChI is InChI=1S/C21H25BrN2O3/c1-2-3-4-8-13-27-19-12-11-17(22)15-18(19)21(26)24-23-20(25)14-16-9-6-5-7-10-16/h5-7,9-12,15H,2-4,8,13-14H2,1H3,(H,23,25)(H,24,26). The van der Waals surface area contributed by atoms with Gasteiger partial charge in [-0.2, -0.15) is 0 Å². The second kappa shape index (κ2) is 11.4. The molecule has 27 heavy (non-hydrogen) atoms. The van der Waals surface area contributed by atoms with Crippen molar-refractivity contribution in [2.24, 2.45) is 0 Å². The monoisotopic (exact) mass is 432 g/mol. The summed E-state index contributed by atoms with van der Waals surface area (Å²) in [5.41, 5.74) is 6.16. The fraction of sp³-hybridized carbons (Fsp3) is 0.333. The Hall–Kier alpha value is -2.34. The van der Waals surface area contributed by atoms with E-state index in [2.05, 4.69) is 33.7 Å². The molecule has 2 rings (SSSR count). The van der Waals surface area contributed by atoms with E-state index in [0.29, 0.717) is 17.9 Å². The number of rotatable bonds is 9. The summed E-state index contributed by atoms with van der Waals surface area (Å²) in [6, 6.07) is 14.6. The molecule has 0 saturated carbocycles. The van der Waals surface area contributed by atoms with Crippen molar-refractivity contribution in [3.05, 3.63) is 64.1 Å². The van der Waals surface area contributed by atoms with Crippen LogP contribution in [0.25, 0.3) is 0 Å². The van der Waals surface area contributed by atoms with E-state index in [1.165, 1.54) is 6.42 Å². The van der Waals surface area contributed by atoms with Gasteiger partial charge in [0.1, 0.15) is 5.75 Å². The minimum Gasteiger partial charge on any atom is -0.493 e. The van der Waals surface area contributed by atoms with Crippen LogP contribution in [0.4, 0.5) is 0 Å². The summed E-state index contributed by atoms with van der Waals surface area (Å²) in [4.78, 5) is 24.5. The molecule has 0 unspecified atom stereocenters. The van der Waals surface area contributed by atoms with Gasteiger partial charge in [-0.05, 0) is 30.2 Å². The maximum atomic E-state index is 12.5. The fourth-order valence-electron chi connectivity index (χ4n) is 2.54. The number of carbonyl (C=O) groups is 2. The van der Waals surface area contributed by atoms with E-state index in [1.807, 2.05) is 36.4 Å². The zero-order valence-corrected chi connectivity index (χ0v) is 17.1. The van der Waals surface area contributed by atoms with Crippen molar-refractivity contribution < 1.29 is 14.3 Å². The number of nitrogens with one attached hydrogen (secondary N) is 2. The molecule has 2 aromatic carbocycles. The highest BCUT2D eigenvalue weighted by Gasteiger charge is 2.14. The minimum atomic E-state index is -0.415. The average molecular weight is 433 g/mol. The smallest absolute Gasteiger partial charge is 0.273 e. The lowest BCUT2D eigenvalue weighted by molar-refractivity contribution is -0.121. The number of hydrazine groups is 1. The normalized spacial score (nSPS) is 10.3. The van der Waals surface area contributed by atoms with Gasteiger partial charge in [0.05, 0.1) is 18.6 Å². The second-order valence-electron chi connectivity index (χ2n) is 6.21. The van der Waals surface area contributed by atoms with Crippen LogP contribution in [-0.4, -0.2) is 18.4 Å². The average Bonchev–Trinajstić information content (AvgIpc) is 2.67. The number of hydrogen-bond acceptors (Lipinski definition) is 3. The van der Waals surface area contributed by atoms with Crippen LogP contribution < -0.4 is 15.6 Å². The Balaban J connectivity index is 1.90. The predicted molar refractivity (Wildman–Crippen MR) is 110 cm³/mol. The van der Waals surface area contributed by atoms with Gasteiger partial charge in [0.25, 0.3) is 5.91 Å². The maximum Gasteiger partial charge on any atom is 0.273 e. The molecular weight excluding hydrogens is 408 g/mol. The highest BCUT2D eigenvalue weighted by Crippen LogP contribution is 2.23. The first-order chi connectivity index (χ1) is 13.1. The Morgan fingerprint density at radius 3 is 2.52 bits per heavy atom. The lowest BCUT2D eigenvalue weighted by atomic mass is 10.1. The summed E-state index contributed by atoms with van der Waals surface area (Å²) in [7, 11) is 0. The molecule has 0 radical (unpaired) electrons. The molecule has 0 aliphatic heterocycles. The molecule has 2 amide bonds. The molecule has 0 bridgehead atoms. The van der Waals surface area contributed by atoms with E-state index in [4.69, 9.17) is 4.74 Å². The molecule has 0 heterocycles. The molecule has 0 aliphatic rings. The minimum absolute atomic E-state index is 0.195. The number of carbonyl (C=O) groups excluding carboxylic acids is 2. The molecule has 0 aliphatic carbocycles. The summed E-state index contributed by atoms with van der Waals surface area (Å²) >= 11 is 3.37. The van der Waals surface area contributed by atoms with Crippen LogP contribution in [0, 0.1) is 0 Å². The van der Waals surface area contributed by atoms with E-state index in [1.54, 1.807) is 12.1 Å². The molecule has 5 nitrogen and oxygen atoms in total. The summed E-state index contributed by atoms with van der Waals surface area (Å²) < 4.78 is 6.53. The Morgan fingerprint density at radius 1 is 1.00 bits per heavy atom. The SMILES string of the molecule is CCCCCCOc1ccc(Br)cc1C(=O)NNC(=O)Cc1ccccc1. The van der Waals surface area contributed by atoms with Crippen LogP contribution in [0.5, 0.6) is 5.75 Å². The van der Waals surface area contributed by atoms with E-state index >= 15 is 0 Å². The zero-order valence-electron chi connectivity index (χ0n) is 15.5. The van der Waals surface area contributed by atoms with Gasteiger partial charge in [-0.3, -0.25) is 20.4 Å². The fourth-order valence-corrected chi connectivity index (χ4v) is 2.90. The van der Waals surface area contributed by atoms with Crippen molar-refractivity contribution in [1.82, 2.24) is 10.9 Å². The van der Waals surface area contributed by atoms with Gasteiger partial charge in [0.15, 0.2) is 0 Å². The topological polar surface area (TPSA) is 67.4 Å². The molecule has 0 fully saturated rings. The van der Waals surface area contributed by atoms with Gasteiger partial charge in [0.2, 0.25) is 5.91 Å². The molecule has 144 valence electrons. The molecule has 0 saturated heterocycles. The van der Waals surface area contributed by atoms with Crippen LogP contribution in [0.2, 0.25) is 0 Å². The van der Waals surface area contributed by atoms with Crippen LogP contribution in [0.15, 0.2) is 53.0 Å². The first-order valence-electron chi connectivity index (χ1n) is 9.15. The van der Waals surface area contributed by atoms with Gasteiger partial charge in [-0.15, -0.1) is 0 Å². The summed E-state index contributed by atoms with van der Waals surface area (Å²) in [5, 5.41) is 0. The van der Waals surface area contributed by atoms with Crippen molar-refractivity contribution in [3.63, 3.8) is 0 Å². The van der Waals surface area contributed by atoms with E-state index < -0.39 is 5.91 Å². The van der Waals surface area contributed by atoms with Crippen molar-refractivity contribution in [2.45, 2.75) is 39.0 Å². The predicted octanol–water partition coefficient (Wildman–Crippen LogP) is 4.41. The largest absolute Gasteiger partial charge is 0.493 e. The number of benzene rings is 2. The Kier molecular flexibility index (Phi) is 8.84. The summed E-state index contributed by atoms with van der Waals surface area (Å²) in [6.07, 6.45) is 4.57. The van der Waals surface area contributed by atoms with Crippen LogP contribution >= 0.6 is 15.9 Å². The number of unbranched alkanes of at least 4 members (excludes halogenated alkanes) is 3. The number of ether oxygens (including phenoxy) is 1. The molecule has 2 aromatic rings. The van der Waals surface area contributed by atoms with Gasteiger partial charge in [-0.25, -0.2) is 0 Å². The third-order valence-corrected chi connectivity index (χ3v) is 4.46. The van der Waals surface area contributed by atoms with Crippen LogP contribution in [0.3, 0.4) is 0 Å². The molecule has 0 aromatic heterocycles. The molecule has 6 heteroatoms.